The summed E-state index contributed by atoms with van der Waals surface area (Å²) in [6.07, 6.45) is 0.623. The molecule has 1 fully saturated rings. The molecule has 3 atom stereocenters. The minimum Gasteiger partial charge on any atom is -0.603 e. The van der Waals surface area contributed by atoms with E-state index >= 15 is 0 Å². The number of carboxylic acid groups (broad SMARTS) is 1. The van der Waals surface area contributed by atoms with Gasteiger partial charge in [0, 0.05) is 19.0 Å². The summed E-state index contributed by atoms with van der Waals surface area (Å²) in [5.41, 5.74) is 2.15. The molecule has 7 heteroatoms. The molecule has 1 aliphatic heterocycles. The molecule has 3 N–H and O–H groups in total. The zero-order valence-electron chi connectivity index (χ0n) is 14.7. The highest BCUT2D eigenvalue weighted by atomic mass is 31.1. The number of hydrogen-bond acceptors (Lipinski definition) is 5. The fourth-order valence-electron chi connectivity index (χ4n) is 3.19. The van der Waals surface area contributed by atoms with Crippen LogP contribution in [0.25, 0.3) is 0 Å². The Hall–Kier alpha value is -2.08. The van der Waals surface area contributed by atoms with Crippen molar-refractivity contribution in [1.82, 2.24) is 5.32 Å². The average Bonchev–Trinajstić information content (AvgIpc) is 2.68. The van der Waals surface area contributed by atoms with Crippen molar-refractivity contribution in [1.29, 1.82) is 0 Å². The third kappa shape index (κ3) is 5.45. The number of carboxylic acids is 1. The maximum Gasteiger partial charge on any atom is 0.335 e. The third-order valence-electron chi connectivity index (χ3n) is 4.59. The molecule has 3 rings (SSSR count). The van der Waals surface area contributed by atoms with Crippen molar-refractivity contribution in [3.8, 4) is 0 Å². The van der Waals surface area contributed by atoms with Crippen LogP contribution in [0.15, 0.2) is 54.6 Å². The highest BCUT2D eigenvalue weighted by Crippen LogP contribution is 2.19. The summed E-state index contributed by atoms with van der Waals surface area (Å²) < 4.78 is 5.88. The van der Waals surface area contributed by atoms with Gasteiger partial charge in [-0.1, -0.05) is 42.5 Å². The first-order chi connectivity index (χ1) is 13.0. The molecule has 0 spiro atoms. The Kier molecular flexibility index (Phi) is 6.72. The van der Waals surface area contributed by atoms with E-state index in [4.69, 9.17) is 9.84 Å². The Morgan fingerprint density at radius 1 is 1.19 bits per heavy atom. The number of rotatable bonds is 6. The van der Waals surface area contributed by atoms with Crippen LogP contribution in [0.2, 0.25) is 0 Å². The molecule has 6 nitrogen and oxygen atoms in total. The summed E-state index contributed by atoms with van der Waals surface area (Å²) in [6.45, 7) is 0.844. The molecule has 0 saturated carbocycles. The lowest BCUT2D eigenvalue weighted by molar-refractivity contribution is -0.168. The maximum absolute atomic E-state index is 11.8. The predicted molar refractivity (Wildman–Crippen MR) is 103 cm³/mol. The zero-order chi connectivity index (χ0) is 19.2. The Labute approximate surface area is 159 Å². The predicted octanol–water partition coefficient (Wildman–Crippen LogP) is 1.36. The molecule has 0 amide bonds. The van der Waals surface area contributed by atoms with Gasteiger partial charge in [-0.05, 0) is 29.7 Å². The molecule has 1 aliphatic rings. The van der Waals surface area contributed by atoms with Crippen LogP contribution in [0.5, 0.6) is 0 Å². The highest BCUT2D eigenvalue weighted by molar-refractivity contribution is 7.46. The fourth-order valence-corrected chi connectivity index (χ4v) is 3.92. The Morgan fingerprint density at radius 3 is 2.56 bits per heavy atom. The van der Waals surface area contributed by atoms with Crippen LogP contribution >= 0.6 is 8.00 Å². The maximum atomic E-state index is 11.8. The van der Waals surface area contributed by atoms with Gasteiger partial charge in [0.1, 0.15) is 6.10 Å². The lowest BCUT2D eigenvalue weighted by Gasteiger charge is -2.30. The Bertz CT molecular complexity index is 812. The number of nitrogens with one attached hydrogen (secondary N) is 1. The van der Waals surface area contributed by atoms with E-state index in [1.807, 2.05) is 36.4 Å². The van der Waals surface area contributed by atoms with E-state index < -0.39 is 20.1 Å². The Balaban J connectivity index is 1.60. The molecule has 1 heterocycles. The summed E-state index contributed by atoms with van der Waals surface area (Å²) >= 11 is 0. The topological polar surface area (TPSA) is 102 Å². The van der Waals surface area contributed by atoms with E-state index in [-0.39, 0.29) is 11.6 Å². The number of morpholine rings is 1. The van der Waals surface area contributed by atoms with Crippen LogP contribution in [0, 0.1) is 0 Å². The van der Waals surface area contributed by atoms with Crippen molar-refractivity contribution in [2.75, 3.05) is 13.2 Å². The van der Waals surface area contributed by atoms with Gasteiger partial charge in [0.15, 0.2) is 5.29 Å². The van der Waals surface area contributed by atoms with Crippen molar-refractivity contribution in [2.45, 2.75) is 25.0 Å². The van der Waals surface area contributed by atoms with Gasteiger partial charge in [-0.25, -0.2) is 4.79 Å². The molecule has 142 valence electrons. The van der Waals surface area contributed by atoms with E-state index in [1.165, 1.54) is 0 Å². The summed E-state index contributed by atoms with van der Waals surface area (Å²) in [5.74, 6) is -0.948. The zero-order valence-corrected chi connectivity index (χ0v) is 15.6. The van der Waals surface area contributed by atoms with Gasteiger partial charge < -0.3 is 20.1 Å². The molecular weight excluding hydrogens is 365 g/mol. The van der Waals surface area contributed by atoms with Gasteiger partial charge in [0.2, 0.25) is 8.00 Å². The largest absolute Gasteiger partial charge is 0.603 e. The summed E-state index contributed by atoms with van der Waals surface area (Å²) in [6, 6.07) is 16.4. The normalized spacial score (nSPS) is 20.8. The van der Waals surface area contributed by atoms with Gasteiger partial charge in [-0.2, -0.15) is 4.89 Å². The Morgan fingerprint density at radius 2 is 1.93 bits per heavy atom. The number of benzene rings is 2. The highest BCUT2D eigenvalue weighted by Gasteiger charge is 2.29. The summed E-state index contributed by atoms with van der Waals surface area (Å²) in [7, 11) is -2.45. The first-order valence-electron chi connectivity index (χ1n) is 8.76. The van der Waals surface area contributed by atoms with Crippen molar-refractivity contribution < 1.29 is 24.4 Å². The average molecular weight is 387 g/mol. The third-order valence-corrected chi connectivity index (χ3v) is 5.53. The molecule has 2 aromatic carbocycles. The molecule has 0 radical (unpaired) electrons. The van der Waals surface area contributed by atoms with Crippen molar-refractivity contribution in [3.05, 3.63) is 71.3 Å². The fraction of sp³-hybridized carbons (Fsp3) is 0.300. The van der Waals surface area contributed by atoms with Crippen LogP contribution in [0.4, 0.5) is 0 Å². The standard InChI is InChI=1S/C20H22NO5P/c22-20(23)16-8-4-7-15(9-16)10-17-13-26-18(12-21-17)19(27(24)25)11-14-5-2-1-3-6-14/h1-9,17-18,21H,10-13H2,(H,22,23)(H,24,25)/t17-,18+/m1/s1. The minimum absolute atomic E-state index is 0.0276. The summed E-state index contributed by atoms with van der Waals surface area (Å²) in [5, 5.41) is 12.9. The monoisotopic (exact) mass is 387 g/mol. The van der Waals surface area contributed by atoms with Gasteiger partial charge in [0.25, 0.3) is 0 Å². The van der Waals surface area contributed by atoms with E-state index in [9.17, 15) is 14.6 Å². The van der Waals surface area contributed by atoms with E-state index in [1.54, 1.807) is 18.2 Å². The molecule has 2 aromatic rings. The van der Waals surface area contributed by atoms with Crippen molar-refractivity contribution >= 4 is 19.3 Å². The number of ether oxygens (including phenoxy) is 1. The van der Waals surface area contributed by atoms with E-state index in [2.05, 4.69) is 5.32 Å². The number of hydrogen-bond donors (Lipinski definition) is 3. The SMILES string of the molecule is O=C(O)c1cccc(C[C@@H]2CO[C@H](C(Cc3ccccc3)=[P+]([O-])O)CN2)c1. The second-order valence-electron chi connectivity index (χ2n) is 6.56. The second kappa shape index (κ2) is 9.22. The van der Waals surface area contributed by atoms with Crippen LogP contribution < -0.4 is 10.2 Å². The molecule has 1 saturated heterocycles. The van der Waals surface area contributed by atoms with Crippen molar-refractivity contribution in [3.63, 3.8) is 0 Å². The van der Waals surface area contributed by atoms with Crippen LogP contribution in [0.1, 0.15) is 21.5 Å². The van der Waals surface area contributed by atoms with Gasteiger partial charge >= 0.3 is 5.97 Å². The van der Waals surface area contributed by atoms with Crippen molar-refractivity contribution in [2.24, 2.45) is 0 Å². The number of aromatic carboxylic acids is 1. The van der Waals surface area contributed by atoms with Gasteiger partial charge in [-0.3, -0.25) is 0 Å². The molecule has 0 aromatic heterocycles. The lowest BCUT2D eigenvalue weighted by Crippen LogP contribution is -2.50. The van der Waals surface area contributed by atoms with Crippen LogP contribution in [-0.2, 0) is 17.6 Å². The summed E-state index contributed by atoms with van der Waals surface area (Å²) in [4.78, 5) is 32.6. The number of carbonyl (C=O) groups is 1. The first-order valence-corrected chi connectivity index (χ1v) is 9.97. The van der Waals surface area contributed by atoms with Gasteiger partial charge in [-0.15, -0.1) is 0 Å². The smallest absolute Gasteiger partial charge is 0.335 e. The van der Waals surface area contributed by atoms with Gasteiger partial charge in [0.05, 0.1) is 12.2 Å². The molecule has 1 unspecified atom stereocenters. The molecule has 27 heavy (non-hydrogen) atoms. The van der Waals surface area contributed by atoms with E-state index in [0.717, 1.165) is 11.1 Å². The van der Waals surface area contributed by atoms with E-state index in [0.29, 0.717) is 31.3 Å². The first kappa shape index (κ1) is 19.7. The lowest BCUT2D eigenvalue weighted by atomic mass is 10.0. The van der Waals surface area contributed by atoms with Crippen LogP contribution in [-0.4, -0.2) is 46.6 Å². The van der Waals surface area contributed by atoms with Crippen LogP contribution in [0.3, 0.4) is 0 Å². The quantitative estimate of drug-likeness (QED) is 0.647. The molecule has 0 bridgehead atoms. The molecule has 0 aliphatic carbocycles. The second-order valence-corrected chi connectivity index (χ2v) is 7.68. The minimum atomic E-state index is -2.45. The molecular formula is C20H22NO5P.